The Kier molecular flexibility index (Phi) is 4.47. The van der Waals surface area contributed by atoms with E-state index < -0.39 is 0 Å². The molecule has 0 unspecified atom stereocenters. The maximum absolute atomic E-state index is 12.1. The van der Waals surface area contributed by atoms with Crippen LogP contribution in [0.4, 0.5) is 0 Å². The Balaban J connectivity index is 1.69. The second kappa shape index (κ2) is 6.87. The number of hydrazone groups is 1. The fraction of sp³-hybridized carbons (Fsp3) is 0.111. The molecular formula is C18H17N5O. The molecule has 0 bridgehead atoms. The first-order valence-electron chi connectivity index (χ1n) is 7.51. The first-order valence-corrected chi connectivity index (χ1v) is 7.51. The Morgan fingerprint density at radius 3 is 2.79 bits per heavy atom. The van der Waals surface area contributed by atoms with E-state index in [2.05, 4.69) is 32.6 Å². The minimum atomic E-state index is -0.357. The lowest BCUT2D eigenvalue weighted by Gasteiger charge is -2.01. The highest BCUT2D eigenvalue weighted by Crippen LogP contribution is 2.20. The number of nitrogens with zero attached hydrogens (tertiary/aromatic N) is 3. The van der Waals surface area contributed by atoms with Gasteiger partial charge < -0.3 is 0 Å². The maximum atomic E-state index is 12.1. The van der Waals surface area contributed by atoms with Crippen LogP contribution >= 0.6 is 0 Å². The average molecular weight is 319 g/mol. The summed E-state index contributed by atoms with van der Waals surface area (Å²) >= 11 is 0. The number of nitrogens with one attached hydrogen (secondary N) is 2. The van der Waals surface area contributed by atoms with E-state index in [0.29, 0.717) is 11.4 Å². The summed E-state index contributed by atoms with van der Waals surface area (Å²) in [6, 6.07) is 13.2. The zero-order valence-corrected chi connectivity index (χ0v) is 13.4. The third-order valence-corrected chi connectivity index (χ3v) is 3.68. The molecule has 2 heterocycles. The number of amides is 1. The van der Waals surface area contributed by atoms with E-state index >= 15 is 0 Å². The number of pyridine rings is 1. The number of aromatic nitrogens is 3. The molecule has 0 saturated heterocycles. The summed E-state index contributed by atoms with van der Waals surface area (Å²) in [6.07, 6.45) is 3.15. The van der Waals surface area contributed by atoms with Gasteiger partial charge in [-0.1, -0.05) is 18.2 Å². The molecule has 0 fully saturated rings. The first-order chi connectivity index (χ1) is 11.6. The third-order valence-electron chi connectivity index (χ3n) is 3.68. The van der Waals surface area contributed by atoms with Crippen LogP contribution in [-0.2, 0) is 0 Å². The minimum absolute atomic E-state index is 0.349. The molecule has 24 heavy (non-hydrogen) atoms. The maximum Gasteiger partial charge on any atom is 0.289 e. The molecule has 0 radical (unpaired) electrons. The highest BCUT2D eigenvalue weighted by atomic mass is 16.2. The van der Waals surface area contributed by atoms with Crippen LogP contribution in [0.25, 0.3) is 11.3 Å². The average Bonchev–Trinajstić information content (AvgIpc) is 3.08. The lowest BCUT2D eigenvalue weighted by atomic mass is 10.0. The van der Waals surface area contributed by atoms with Crippen molar-refractivity contribution in [2.24, 2.45) is 5.10 Å². The summed E-state index contributed by atoms with van der Waals surface area (Å²) in [7, 11) is 0. The molecule has 6 heteroatoms. The van der Waals surface area contributed by atoms with Gasteiger partial charge in [0.25, 0.3) is 5.91 Å². The van der Waals surface area contributed by atoms with Crippen molar-refractivity contribution < 1.29 is 4.79 Å². The molecule has 3 aromatic rings. The molecule has 0 aliphatic heterocycles. The van der Waals surface area contributed by atoms with Gasteiger partial charge in [-0.25, -0.2) is 5.43 Å². The van der Waals surface area contributed by atoms with E-state index in [4.69, 9.17) is 0 Å². The van der Waals surface area contributed by atoms with Gasteiger partial charge in [0.05, 0.1) is 17.6 Å². The number of H-pyrrole nitrogens is 1. The fourth-order valence-electron chi connectivity index (χ4n) is 2.16. The molecule has 2 aromatic heterocycles. The number of benzene rings is 1. The number of carbonyl (C=O) groups excluding carboxylic acids is 1. The lowest BCUT2D eigenvalue weighted by Crippen LogP contribution is -2.18. The summed E-state index contributed by atoms with van der Waals surface area (Å²) in [5.41, 5.74) is 7.55. The van der Waals surface area contributed by atoms with Gasteiger partial charge in [0.1, 0.15) is 5.69 Å². The van der Waals surface area contributed by atoms with Crippen molar-refractivity contribution in [2.75, 3.05) is 0 Å². The summed E-state index contributed by atoms with van der Waals surface area (Å²) < 4.78 is 0. The van der Waals surface area contributed by atoms with Crippen LogP contribution in [0.15, 0.2) is 53.8 Å². The van der Waals surface area contributed by atoms with E-state index in [1.165, 1.54) is 17.3 Å². The van der Waals surface area contributed by atoms with E-state index in [9.17, 15) is 4.79 Å². The summed E-state index contributed by atoms with van der Waals surface area (Å²) in [4.78, 5) is 16.2. The van der Waals surface area contributed by atoms with Crippen LogP contribution in [0, 0.1) is 13.8 Å². The quantitative estimate of drug-likeness (QED) is 0.573. The number of rotatable bonds is 4. The van der Waals surface area contributed by atoms with Gasteiger partial charge in [-0.05, 0) is 49.2 Å². The van der Waals surface area contributed by atoms with Crippen molar-refractivity contribution in [3.63, 3.8) is 0 Å². The number of carbonyl (C=O) groups is 1. The van der Waals surface area contributed by atoms with Crippen molar-refractivity contribution in [1.29, 1.82) is 0 Å². The molecule has 0 aliphatic carbocycles. The van der Waals surface area contributed by atoms with Crippen molar-refractivity contribution in [1.82, 2.24) is 20.6 Å². The second-order valence-electron chi connectivity index (χ2n) is 5.42. The molecule has 0 atom stereocenters. The van der Waals surface area contributed by atoms with E-state index in [1.807, 2.05) is 37.3 Å². The predicted octanol–water partition coefficient (Wildman–Crippen LogP) is 2.85. The normalized spacial score (nSPS) is 10.9. The standard InChI is InChI=1S/C18H17N5O/c1-12-6-7-14(9-13(12)2)16-10-17(22-21-16)18(24)23-20-11-15-5-3-4-8-19-15/h3-11H,1-2H3,(H,21,22)(H,23,24)/b20-11+. The molecule has 0 aliphatic rings. The Morgan fingerprint density at radius 2 is 2.04 bits per heavy atom. The summed E-state index contributed by atoms with van der Waals surface area (Å²) in [5, 5.41) is 10.8. The van der Waals surface area contributed by atoms with Gasteiger partial charge >= 0.3 is 0 Å². The van der Waals surface area contributed by atoms with Gasteiger partial charge in [-0.3, -0.25) is 14.9 Å². The third kappa shape index (κ3) is 3.55. The number of hydrogen-bond acceptors (Lipinski definition) is 4. The van der Waals surface area contributed by atoms with Gasteiger partial charge in [-0.15, -0.1) is 0 Å². The van der Waals surface area contributed by atoms with Crippen LogP contribution < -0.4 is 5.43 Å². The molecule has 1 amide bonds. The van der Waals surface area contributed by atoms with E-state index in [-0.39, 0.29) is 5.91 Å². The lowest BCUT2D eigenvalue weighted by molar-refractivity contribution is 0.0950. The van der Waals surface area contributed by atoms with Crippen molar-refractivity contribution in [3.8, 4) is 11.3 Å². The molecule has 6 nitrogen and oxygen atoms in total. The zero-order chi connectivity index (χ0) is 16.9. The molecule has 3 rings (SSSR count). The zero-order valence-electron chi connectivity index (χ0n) is 13.4. The van der Waals surface area contributed by atoms with Crippen LogP contribution in [0.1, 0.15) is 27.3 Å². The van der Waals surface area contributed by atoms with Crippen LogP contribution in [0.3, 0.4) is 0 Å². The number of aryl methyl sites for hydroxylation is 2. The fourth-order valence-corrected chi connectivity index (χ4v) is 2.16. The van der Waals surface area contributed by atoms with Crippen molar-refractivity contribution >= 4 is 12.1 Å². The molecule has 0 spiro atoms. The summed E-state index contributed by atoms with van der Waals surface area (Å²) in [5.74, 6) is -0.357. The first kappa shape index (κ1) is 15.6. The van der Waals surface area contributed by atoms with Gasteiger partial charge in [0.2, 0.25) is 0 Å². The molecule has 0 saturated carbocycles. The van der Waals surface area contributed by atoms with E-state index in [0.717, 1.165) is 11.3 Å². The highest BCUT2D eigenvalue weighted by molar-refractivity contribution is 5.94. The second-order valence-corrected chi connectivity index (χ2v) is 5.42. The molecular weight excluding hydrogens is 302 g/mol. The van der Waals surface area contributed by atoms with Gasteiger partial charge in [0.15, 0.2) is 0 Å². The predicted molar refractivity (Wildman–Crippen MR) is 92.8 cm³/mol. The Morgan fingerprint density at radius 1 is 1.17 bits per heavy atom. The molecule has 120 valence electrons. The van der Waals surface area contributed by atoms with Crippen LogP contribution in [-0.4, -0.2) is 27.3 Å². The van der Waals surface area contributed by atoms with Crippen molar-refractivity contribution in [2.45, 2.75) is 13.8 Å². The highest BCUT2D eigenvalue weighted by Gasteiger charge is 2.10. The van der Waals surface area contributed by atoms with E-state index in [1.54, 1.807) is 18.3 Å². The Hall–Kier alpha value is -3.28. The van der Waals surface area contributed by atoms with Crippen molar-refractivity contribution in [3.05, 3.63) is 71.2 Å². The molecule has 1 aromatic carbocycles. The SMILES string of the molecule is Cc1ccc(-c2cc(C(=O)N/N=C/c3ccccn3)[nH]n2)cc1C. The Bertz CT molecular complexity index is 883. The number of hydrogen-bond donors (Lipinski definition) is 2. The van der Waals surface area contributed by atoms with Gasteiger partial charge in [-0.2, -0.15) is 10.2 Å². The topological polar surface area (TPSA) is 83.0 Å². The smallest absolute Gasteiger partial charge is 0.272 e. The van der Waals surface area contributed by atoms with Crippen LogP contribution in [0.5, 0.6) is 0 Å². The Labute approximate surface area is 139 Å². The monoisotopic (exact) mass is 319 g/mol. The van der Waals surface area contributed by atoms with Gasteiger partial charge in [0, 0.05) is 11.8 Å². The van der Waals surface area contributed by atoms with Crippen LogP contribution in [0.2, 0.25) is 0 Å². The molecule has 2 N–H and O–H groups in total. The minimum Gasteiger partial charge on any atom is -0.272 e. The summed E-state index contributed by atoms with van der Waals surface area (Å²) in [6.45, 7) is 4.10. The number of aromatic amines is 1. The largest absolute Gasteiger partial charge is 0.289 e.